The molecular weight excluding hydrogens is 239 g/mol. The molecule has 1 aliphatic heterocycles. The van der Waals surface area contributed by atoms with Gasteiger partial charge in [0.15, 0.2) is 11.9 Å². The summed E-state index contributed by atoms with van der Waals surface area (Å²) in [5, 5.41) is 0. The van der Waals surface area contributed by atoms with Gasteiger partial charge in [-0.05, 0) is 6.08 Å². The molecule has 15 heavy (non-hydrogen) atoms. The Balaban J connectivity index is 2.39. The van der Waals surface area contributed by atoms with Gasteiger partial charge in [-0.15, -0.1) is 23.2 Å². The number of esters is 1. The number of halogens is 2. The lowest BCUT2D eigenvalue weighted by atomic mass is 9.70. The van der Waals surface area contributed by atoms with Crippen LogP contribution in [0.5, 0.6) is 0 Å². The van der Waals surface area contributed by atoms with E-state index >= 15 is 0 Å². The van der Waals surface area contributed by atoms with Crippen molar-refractivity contribution in [2.24, 2.45) is 11.3 Å². The standard InChI is InChI=1S/C10H10Cl2O3/c1-10(9(11)12)3-2-6(13)8-5(10)4-7(14)15-8/h2-3,5,8-9H,4H2,1H3/t5-,8+,10+/m1/s1. The first-order valence-electron chi connectivity index (χ1n) is 4.66. The summed E-state index contributed by atoms with van der Waals surface area (Å²) in [6.45, 7) is 1.83. The molecule has 2 rings (SSSR count). The van der Waals surface area contributed by atoms with Crippen LogP contribution in [0.4, 0.5) is 0 Å². The molecule has 0 aromatic carbocycles. The Morgan fingerprint density at radius 3 is 2.80 bits per heavy atom. The molecule has 1 fully saturated rings. The Hall–Kier alpha value is -0.540. The topological polar surface area (TPSA) is 43.4 Å². The van der Waals surface area contributed by atoms with Crippen LogP contribution >= 0.6 is 23.2 Å². The number of hydrogen-bond donors (Lipinski definition) is 0. The van der Waals surface area contributed by atoms with Gasteiger partial charge >= 0.3 is 5.97 Å². The number of fused-ring (bicyclic) bond motifs is 1. The summed E-state index contributed by atoms with van der Waals surface area (Å²) in [5.74, 6) is -0.790. The minimum absolute atomic E-state index is 0.183. The third-order valence-electron chi connectivity index (χ3n) is 3.17. The van der Waals surface area contributed by atoms with Crippen molar-refractivity contribution in [3.05, 3.63) is 12.2 Å². The van der Waals surface area contributed by atoms with Gasteiger partial charge in [0.2, 0.25) is 0 Å². The van der Waals surface area contributed by atoms with Crippen molar-refractivity contribution in [3.8, 4) is 0 Å². The molecule has 0 N–H and O–H groups in total. The first-order chi connectivity index (χ1) is 6.95. The van der Waals surface area contributed by atoms with Crippen LogP contribution in [0.3, 0.4) is 0 Å². The molecule has 1 saturated heterocycles. The molecule has 3 atom stereocenters. The maximum absolute atomic E-state index is 11.5. The van der Waals surface area contributed by atoms with Crippen LogP contribution in [0, 0.1) is 11.3 Å². The van der Waals surface area contributed by atoms with Crippen molar-refractivity contribution < 1.29 is 14.3 Å². The average molecular weight is 249 g/mol. The summed E-state index contributed by atoms with van der Waals surface area (Å²) in [4.78, 5) is 22.0. The Morgan fingerprint density at radius 1 is 1.53 bits per heavy atom. The number of alkyl halides is 2. The summed E-state index contributed by atoms with van der Waals surface area (Å²) in [6.07, 6.45) is 2.58. The number of ether oxygens (including phenoxy) is 1. The molecule has 0 amide bonds. The van der Waals surface area contributed by atoms with Crippen LogP contribution < -0.4 is 0 Å². The third kappa shape index (κ3) is 1.58. The van der Waals surface area contributed by atoms with E-state index in [0.717, 1.165) is 0 Å². The molecule has 5 heteroatoms. The number of ketones is 1. The highest BCUT2D eigenvalue weighted by Gasteiger charge is 2.53. The minimum atomic E-state index is -0.701. The quantitative estimate of drug-likeness (QED) is 0.526. The highest BCUT2D eigenvalue weighted by molar-refractivity contribution is 6.45. The Kier molecular flexibility index (Phi) is 2.55. The fourth-order valence-electron chi connectivity index (χ4n) is 2.08. The van der Waals surface area contributed by atoms with Crippen molar-refractivity contribution >= 4 is 35.0 Å². The van der Waals surface area contributed by atoms with E-state index in [1.807, 2.05) is 6.92 Å². The average Bonchev–Trinajstić information content (AvgIpc) is 2.55. The number of hydrogen-bond acceptors (Lipinski definition) is 3. The molecular formula is C10H10Cl2O3. The van der Waals surface area contributed by atoms with Gasteiger partial charge in [-0.3, -0.25) is 9.59 Å². The Labute approximate surface area is 97.4 Å². The number of rotatable bonds is 1. The van der Waals surface area contributed by atoms with Crippen molar-refractivity contribution in [1.82, 2.24) is 0 Å². The van der Waals surface area contributed by atoms with E-state index < -0.39 is 16.4 Å². The molecule has 1 heterocycles. The number of allylic oxidation sites excluding steroid dienone is 1. The van der Waals surface area contributed by atoms with E-state index in [1.165, 1.54) is 6.08 Å². The number of carbonyl (C=O) groups is 2. The van der Waals surface area contributed by atoms with Crippen LogP contribution in [0.15, 0.2) is 12.2 Å². The van der Waals surface area contributed by atoms with Gasteiger partial charge in [0.05, 0.1) is 6.42 Å². The Morgan fingerprint density at radius 2 is 2.20 bits per heavy atom. The van der Waals surface area contributed by atoms with Crippen LogP contribution in [0.25, 0.3) is 0 Å². The molecule has 0 unspecified atom stereocenters. The first-order valence-corrected chi connectivity index (χ1v) is 5.53. The van der Waals surface area contributed by atoms with Crippen LogP contribution in [0.2, 0.25) is 0 Å². The second-order valence-corrected chi connectivity index (χ2v) is 5.22. The highest BCUT2D eigenvalue weighted by Crippen LogP contribution is 2.47. The third-order valence-corrected chi connectivity index (χ3v) is 4.11. The minimum Gasteiger partial charge on any atom is -0.454 e. The maximum atomic E-state index is 11.5. The van der Waals surface area contributed by atoms with E-state index in [4.69, 9.17) is 27.9 Å². The molecule has 0 aromatic heterocycles. The maximum Gasteiger partial charge on any atom is 0.306 e. The second-order valence-electron chi connectivity index (χ2n) is 4.12. The molecule has 0 aromatic rings. The zero-order valence-electron chi connectivity index (χ0n) is 8.07. The largest absolute Gasteiger partial charge is 0.454 e. The van der Waals surface area contributed by atoms with Gasteiger partial charge in [-0.1, -0.05) is 13.0 Å². The molecule has 82 valence electrons. The van der Waals surface area contributed by atoms with Crippen LogP contribution in [0.1, 0.15) is 13.3 Å². The van der Waals surface area contributed by atoms with Crippen LogP contribution in [-0.4, -0.2) is 22.7 Å². The van der Waals surface area contributed by atoms with E-state index in [0.29, 0.717) is 0 Å². The predicted molar refractivity (Wildman–Crippen MR) is 55.7 cm³/mol. The van der Waals surface area contributed by atoms with Crippen molar-refractivity contribution in [3.63, 3.8) is 0 Å². The van der Waals surface area contributed by atoms with Gasteiger partial charge < -0.3 is 4.74 Å². The molecule has 0 bridgehead atoms. The van der Waals surface area contributed by atoms with Gasteiger partial charge in [0.25, 0.3) is 0 Å². The zero-order chi connectivity index (χ0) is 11.2. The van der Waals surface area contributed by atoms with Gasteiger partial charge in [0.1, 0.15) is 4.84 Å². The normalized spacial score (nSPS) is 39.5. The van der Waals surface area contributed by atoms with E-state index in [2.05, 4.69) is 0 Å². The summed E-state index contributed by atoms with van der Waals surface area (Å²) < 4.78 is 4.97. The van der Waals surface area contributed by atoms with E-state index in [1.54, 1.807) is 6.08 Å². The molecule has 1 aliphatic carbocycles. The monoisotopic (exact) mass is 248 g/mol. The van der Waals surface area contributed by atoms with Gasteiger partial charge in [0, 0.05) is 11.3 Å². The molecule has 0 spiro atoms. The van der Waals surface area contributed by atoms with Crippen molar-refractivity contribution in [1.29, 1.82) is 0 Å². The molecule has 3 nitrogen and oxygen atoms in total. The summed E-state index contributed by atoms with van der Waals surface area (Å²) in [7, 11) is 0. The lowest BCUT2D eigenvalue weighted by Crippen LogP contribution is -2.43. The van der Waals surface area contributed by atoms with E-state index in [-0.39, 0.29) is 24.1 Å². The first kappa shape index (κ1) is 11.0. The smallest absolute Gasteiger partial charge is 0.306 e. The zero-order valence-corrected chi connectivity index (χ0v) is 9.59. The number of carbonyl (C=O) groups excluding carboxylic acids is 2. The lowest BCUT2D eigenvalue weighted by molar-refractivity contribution is -0.147. The SMILES string of the molecule is C[C@]1(C(Cl)Cl)C=CC(=O)[C@H]2OC(=O)C[C@H]21. The fourth-order valence-corrected chi connectivity index (χ4v) is 2.54. The predicted octanol–water partition coefficient (Wildman–Crippen LogP) is 1.87. The fraction of sp³-hybridized carbons (Fsp3) is 0.600. The second kappa shape index (κ2) is 3.49. The van der Waals surface area contributed by atoms with Crippen molar-refractivity contribution in [2.45, 2.75) is 24.3 Å². The van der Waals surface area contributed by atoms with Gasteiger partial charge in [-0.2, -0.15) is 0 Å². The van der Waals surface area contributed by atoms with Crippen molar-refractivity contribution in [2.75, 3.05) is 0 Å². The van der Waals surface area contributed by atoms with Crippen LogP contribution in [-0.2, 0) is 14.3 Å². The molecule has 0 saturated carbocycles. The highest BCUT2D eigenvalue weighted by atomic mass is 35.5. The Bertz CT molecular complexity index is 351. The lowest BCUT2D eigenvalue weighted by Gasteiger charge is -2.37. The summed E-state index contributed by atoms with van der Waals surface area (Å²) in [6, 6.07) is 0. The summed E-state index contributed by atoms with van der Waals surface area (Å²) >= 11 is 11.8. The summed E-state index contributed by atoms with van der Waals surface area (Å²) in [5.41, 5.74) is -0.576. The van der Waals surface area contributed by atoms with E-state index in [9.17, 15) is 9.59 Å². The van der Waals surface area contributed by atoms with Gasteiger partial charge in [-0.25, -0.2) is 0 Å². The molecule has 2 aliphatic rings. The molecule has 0 radical (unpaired) electrons.